The molecule has 0 aliphatic heterocycles. The molecule has 5 heteroatoms. The molecule has 2 heterocycles. The van der Waals surface area contributed by atoms with Crippen LogP contribution in [0.5, 0.6) is 0 Å². The maximum Gasteiger partial charge on any atom is 0.180 e. The van der Waals surface area contributed by atoms with E-state index in [1.807, 2.05) is 6.92 Å². The van der Waals surface area contributed by atoms with Crippen molar-refractivity contribution in [1.29, 1.82) is 0 Å². The summed E-state index contributed by atoms with van der Waals surface area (Å²) in [4.78, 5) is 13.0. The van der Waals surface area contributed by atoms with Crippen LogP contribution in [0.25, 0.3) is 33.3 Å². The van der Waals surface area contributed by atoms with Crippen LogP contribution in [0.1, 0.15) is 25.5 Å². The molecule has 29 heavy (non-hydrogen) atoms. The SMILES string of the molecule is Cc1cc(N[C@@H]2CC(CO)[C@@H](C)C2)c2[nH]c(-c3cccc4ccccc34)nc2n1. The largest absolute Gasteiger partial charge is 0.396 e. The Bertz CT molecular complexity index is 1180. The van der Waals surface area contributed by atoms with Gasteiger partial charge in [-0.2, -0.15) is 0 Å². The minimum absolute atomic E-state index is 0.263. The van der Waals surface area contributed by atoms with Crippen LogP contribution >= 0.6 is 0 Å². The molecule has 4 aromatic rings. The molecule has 1 unspecified atom stereocenters. The number of rotatable bonds is 4. The van der Waals surface area contributed by atoms with Crippen LogP contribution in [0.2, 0.25) is 0 Å². The number of hydrogen-bond acceptors (Lipinski definition) is 4. The van der Waals surface area contributed by atoms with Crippen molar-refractivity contribution in [3.05, 3.63) is 54.2 Å². The Labute approximate surface area is 170 Å². The van der Waals surface area contributed by atoms with Crippen molar-refractivity contribution in [2.45, 2.75) is 32.7 Å². The van der Waals surface area contributed by atoms with E-state index in [-0.39, 0.29) is 6.61 Å². The molecule has 0 spiro atoms. The molecule has 1 aliphatic carbocycles. The highest BCUT2D eigenvalue weighted by Gasteiger charge is 2.31. The molecule has 0 radical (unpaired) electrons. The third kappa shape index (κ3) is 3.25. The molecule has 5 nitrogen and oxygen atoms in total. The van der Waals surface area contributed by atoms with Gasteiger partial charge in [0, 0.05) is 23.9 Å². The summed E-state index contributed by atoms with van der Waals surface area (Å²) >= 11 is 0. The van der Waals surface area contributed by atoms with Gasteiger partial charge in [0.2, 0.25) is 0 Å². The third-order valence-corrected chi connectivity index (χ3v) is 6.28. The van der Waals surface area contributed by atoms with Crippen LogP contribution in [-0.4, -0.2) is 32.7 Å². The molecule has 3 atom stereocenters. The lowest BCUT2D eigenvalue weighted by atomic mass is 10.00. The van der Waals surface area contributed by atoms with Crippen molar-refractivity contribution in [3.63, 3.8) is 0 Å². The van der Waals surface area contributed by atoms with E-state index in [1.54, 1.807) is 0 Å². The fourth-order valence-corrected chi connectivity index (χ4v) is 4.71. The number of aromatic nitrogens is 3. The Morgan fingerprint density at radius 1 is 1.10 bits per heavy atom. The van der Waals surface area contributed by atoms with Gasteiger partial charge < -0.3 is 15.4 Å². The lowest BCUT2D eigenvalue weighted by Gasteiger charge is -2.15. The standard InChI is InChI=1S/C24H26N4O/c1-14-10-18(12-17(14)13-29)26-21-11-15(2)25-24-22(21)27-23(28-24)20-9-5-7-16-6-3-4-8-19(16)20/h3-9,11,14,17-18,29H,10,12-13H2,1-2H3,(H2,25,26,27,28)/t14-,17?,18-/m0/s1. The zero-order valence-electron chi connectivity index (χ0n) is 16.8. The predicted molar refractivity (Wildman–Crippen MR) is 118 cm³/mol. The van der Waals surface area contributed by atoms with E-state index >= 15 is 0 Å². The number of aliphatic hydroxyl groups excluding tert-OH is 1. The van der Waals surface area contributed by atoms with Crippen LogP contribution < -0.4 is 5.32 Å². The Hall–Kier alpha value is -2.92. The molecule has 1 saturated carbocycles. The molecule has 0 amide bonds. The number of pyridine rings is 1. The Kier molecular flexibility index (Phi) is 4.47. The third-order valence-electron chi connectivity index (χ3n) is 6.28. The van der Waals surface area contributed by atoms with E-state index in [1.165, 1.54) is 10.8 Å². The molecular weight excluding hydrogens is 360 g/mol. The second kappa shape index (κ2) is 7.16. The number of H-pyrrole nitrogens is 1. The van der Waals surface area contributed by atoms with Crippen molar-refractivity contribution in [3.8, 4) is 11.4 Å². The number of anilines is 1. The van der Waals surface area contributed by atoms with Gasteiger partial charge in [-0.25, -0.2) is 9.97 Å². The molecule has 1 fully saturated rings. The smallest absolute Gasteiger partial charge is 0.180 e. The molecule has 0 saturated heterocycles. The Morgan fingerprint density at radius 3 is 2.76 bits per heavy atom. The van der Waals surface area contributed by atoms with E-state index in [0.29, 0.717) is 17.9 Å². The van der Waals surface area contributed by atoms with Gasteiger partial charge in [-0.3, -0.25) is 0 Å². The van der Waals surface area contributed by atoms with Crippen LogP contribution in [0.15, 0.2) is 48.5 Å². The molecule has 0 bridgehead atoms. The first-order chi connectivity index (χ1) is 14.1. The van der Waals surface area contributed by atoms with E-state index < -0.39 is 0 Å². The Balaban J connectivity index is 1.56. The zero-order chi connectivity index (χ0) is 20.0. The molecule has 148 valence electrons. The first-order valence-electron chi connectivity index (χ1n) is 10.3. The molecule has 1 aliphatic rings. The summed E-state index contributed by atoms with van der Waals surface area (Å²) in [5.74, 6) is 1.74. The van der Waals surface area contributed by atoms with E-state index in [4.69, 9.17) is 4.98 Å². The normalized spacial score (nSPS) is 21.8. The topological polar surface area (TPSA) is 73.8 Å². The van der Waals surface area contributed by atoms with Crippen LogP contribution in [-0.2, 0) is 0 Å². The van der Waals surface area contributed by atoms with Crippen molar-refractivity contribution < 1.29 is 5.11 Å². The maximum absolute atomic E-state index is 9.60. The maximum atomic E-state index is 9.60. The number of nitrogens with zero attached hydrogens (tertiary/aromatic N) is 2. The summed E-state index contributed by atoms with van der Waals surface area (Å²) in [6, 6.07) is 17.1. The minimum atomic E-state index is 0.263. The van der Waals surface area contributed by atoms with E-state index in [0.717, 1.165) is 46.8 Å². The number of nitrogens with one attached hydrogen (secondary N) is 2. The minimum Gasteiger partial charge on any atom is -0.396 e. The summed E-state index contributed by atoms with van der Waals surface area (Å²) < 4.78 is 0. The van der Waals surface area contributed by atoms with Crippen molar-refractivity contribution in [2.75, 3.05) is 11.9 Å². The van der Waals surface area contributed by atoms with Gasteiger partial charge >= 0.3 is 0 Å². The van der Waals surface area contributed by atoms with Gasteiger partial charge in [0.25, 0.3) is 0 Å². The van der Waals surface area contributed by atoms with Gasteiger partial charge in [0.15, 0.2) is 5.65 Å². The summed E-state index contributed by atoms with van der Waals surface area (Å²) in [5.41, 5.74) is 4.75. The monoisotopic (exact) mass is 386 g/mol. The molecular formula is C24H26N4O. The second-order valence-electron chi connectivity index (χ2n) is 8.35. The molecule has 2 aromatic heterocycles. The number of aromatic amines is 1. The quantitative estimate of drug-likeness (QED) is 0.466. The van der Waals surface area contributed by atoms with Crippen LogP contribution in [0, 0.1) is 18.8 Å². The Morgan fingerprint density at radius 2 is 1.93 bits per heavy atom. The fourth-order valence-electron chi connectivity index (χ4n) is 4.71. The van der Waals surface area contributed by atoms with Crippen LogP contribution in [0.3, 0.4) is 0 Å². The highest BCUT2D eigenvalue weighted by Crippen LogP contribution is 2.35. The number of benzene rings is 2. The van der Waals surface area contributed by atoms with E-state index in [2.05, 4.69) is 70.7 Å². The average Bonchev–Trinajstić information content (AvgIpc) is 3.30. The zero-order valence-corrected chi connectivity index (χ0v) is 16.8. The number of fused-ring (bicyclic) bond motifs is 2. The van der Waals surface area contributed by atoms with Crippen molar-refractivity contribution in [2.24, 2.45) is 11.8 Å². The number of aliphatic hydroxyl groups is 1. The van der Waals surface area contributed by atoms with Gasteiger partial charge in [-0.15, -0.1) is 0 Å². The second-order valence-corrected chi connectivity index (χ2v) is 8.35. The summed E-state index contributed by atoms with van der Waals surface area (Å²) in [7, 11) is 0. The summed E-state index contributed by atoms with van der Waals surface area (Å²) in [5, 5.41) is 15.7. The number of imidazole rings is 1. The van der Waals surface area contributed by atoms with Gasteiger partial charge in [0.1, 0.15) is 11.3 Å². The molecule has 3 N–H and O–H groups in total. The molecule has 5 rings (SSSR count). The fraction of sp³-hybridized carbons (Fsp3) is 0.333. The predicted octanol–water partition coefficient (Wildman–Crippen LogP) is 4.91. The number of hydrogen-bond donors (Lipinski definition) is 3. The summed E-state index contributed by atoms with van der Waals surface area (Å²) in [6.07, 6.45) is 2.06. The van der Waals surface area contributed by atoms with Gasteiger partial charge in [0.05, 0.1) is 5.69 Å². The highest BCUT2D eigenvalue weighted by atomic mass is 16.3. The van der Waals surface area contributed by atoms with Gasteiger partial charge in [-0.05, 0) is 48.4 Å². The highest BCUT2D eigenvalue weighted by molar-refractivity contribution is 5.97. The summed E-state index contributed by atoms with van der Waals surface area (Å²) in [6.45, 7) is 4.49. The molecule has 2 aromatic carbocycles. The lowest BCUT2D eigenvalue weighted by Crippen LogP contribution is -2.16. The van der Waals surface area contributed by atoms with Crippen molar-refractivity contribution >= 4 is 27.6 Å². The van der Waals surface area contributed by atoms with Crippen molar-refractivity contribution in [1.82, 2.24) is 15.0 Å². The first-order valence-corrected chi connectivity index (χ1v) is 10.3. The van der Waals surface area contributed by atoms with Gasteiger partial charge in [-0.1, -0.05) is 49.4 Å². The van der Waals surface area contributed by atoms with E-state index in [9.17, 15) is 5.11 Å². The number of aryl methyl sites for hydroxylation is 1. The lowest BCUT2D eigenvalue weighted by molar-refractivity contribution is 0.201. The van der Waals surface area contributed by atoms with Crippen LogP contribution in [0.4, 0.5) is 5.69 Å². The first kappa shape index (κ1) is 18.1. The average molecular weight is 386 g/mol.